The number of hydrogen-bond acceptors (Lipinski definition) is 5. The van der Waals surface area contributed by atoms with E-state index in [0.29, 0.717) is 43.2 Å². The Labute approximate surface area is 228 Å². The SMILES string of the molecule is Oc1ccc2c(c1)NCC1=C2[C@@H](c2ccc(OCCNCC(CF)CCl)cc2)Oc2cc(C(F)(F)F)ccc21. The monoisotopic (exact) mass is 562 g/mol. The molecule has 2 atom stereocenters. The summed E-state index contributed by atoms with van der Waals surface area (Å²) in [6.45, 7) is 1.23. The summed E-state index contributed by atoms with van der Waals surface area (Å²) >= 11 is 5.70. The summed E-state index contributed by atoms with van der Waals surface area (Å²) in [6, 6.07) is 15.7. The van der Waals surface area contributed by atoms with Crippen LogP contribution in [0.5, 0.6) is 17.2 Å². The lowest BCUT2D eigenvalue weighted by Gasteiger charge is -2.36. The van der Waals surface area contributed by atoms with Crippen LogP contribution in [0.25, 0.3) is 11.1 Å². The van der Waals surface area contributed by atoms with Gasteiger partial charge in [0.1, 0.15) is 30.0 Å². The van der Waals surface area contributed by atoms with Crippen molar-refractivity contribution in [2.45, 2.75) is 12.3 Å². The van der Waals surface area contributed by atoms with Crippen LogP contribution in [0.1, 0.15) is 28.4 Å². The Morgan fingerprint density at radius 1 is 1.08 bits per heavy atom. The Balaban J connectivity index is 1.41. The second-order valence-electron chi connectivity index (χ2n) is 9.48. The van der Waals surface area contributed by atoms with Crippen molar-refractivity contribution in [3.05, 3.63) is 82.9 Å². The molecule has 2 heterocycles. The number of halogens is 5. The van der Waals surface area contributed by atoms with Gasteiger partial charge in [-0.2, -0.15) is 13.2 Å². The average Bonchev–Trinajstić information content (AvgIpc) is 2.93. The fraction of sp³-hybridized carbons (Fsp3) is 0.310. The summed E-state index contributed by atoms with van der Waals surface area (Å²) < 4.78 is 65.2. The normalized spacial score (nSPS) is 16.9. The van der Waals surface area contributed by atoms with Gasteiger partial charge in [0.25, 0.3) is 0 Å². The highest BCUT2D eigenvalue weighted by atomic mass is 35.5. The third-order valence-corrected chi connectivity index (χ3v) is 7.25. The summed E-state index contributed by atoms with van der Waals surface area (Å²) in [5.41, 5.74) is 3.74. The van der Waals surface area contributed by atoms with E-state index >= 15 is 0 Å². The molecule has 0 saturated carbocycles. The molecule has 3 N–H and O–H groups in total. The number of nitrogens with one attached hydrogen (secondary N) is 2. The number of phenolic OH excluding ortho intramolecular Hbond substituents is 1. The molecule has 206 valence electrons. The molecule has 5 rings (SSSR count). The van der Waals surface area contributed by atoms with E-state index in [1.165, 1.54) is 6.07 Å². The topological polar surface area (TPSA) is 62.8 Å². The van der Waals surface area contributed by atoms with Gasteiger partial charge in [-0.3, -0.25) is 4.39 Å². The standard InChI is InChI=1S/C29H27ClF4N2O3/c30-13-17(14-31)15-35-9-10-38-21-5-1-18(2-6-21)28-27-23-8-4-20(37)12-25(23)36-16-24(27)22-7-3-19(29(32,33)34)11-26(22)39-28/h1-8,11-12,17,28,35-37H,9-10,13-16H2/t17?,28-/m1/s1. The summed E-state index contributed by atoms with van der Waals surface area (Å²) in [7, 11) is 0. The van der Waals surface area contributed by atoms with Gasteiger partial charge in [-0.15, -0.1) is 11.6 Å². The maximum Gasteiger partial charge on any atom is 0.416 e. The second-order valence-corrected chi connectivity index (χ2v) is 9.79. The molecule has 10 heteroatoms. The quantitative estimate of drug-likeness (QED) is 0.154. The molecular weight excluding hydrogens is 536 g/mol. The molecule has 2 aliphatic rings. The number of alkyl halides is 5. The van der Waals surface area contributed by atoms with Gasteiger partial charge in [-0.05, 0) is 47.5 Å². The number of phenols is 1. The van der Waals surface area contributed by atoms with Gasteiger partial charge in [0, 0.05) is 59.9 Å². The predicted octanol–water partition coefficient (Wildman–Crippen LogP) is 6.67. The third-order valence-electron chi connectivity index (χ3n) is 6.81. The molecule has 0 fully saturated rings. The maximum atomic E-state index is 13.5. The summed E-state index contributed by atoms with van der Waals surface area (Å²) in [6.07, 6.45) is -5.17. The number of fused-ring (bicyclic) bond motifs is 4. The van der Waals surface area contributed by atoms with E-state index in [1.54, 1.807) is 30.3 Å². The molecule has 0 aromatic heterocycles. The van der Waals surface area contributed by atoms with Gasteiger partial charge in [-0.1, -0.05) is 18.2 Å². The summed E-state index contributed by atoms with van der Waals surface area (Å²) in [5, 5.41) is 16.4. The van der Waals surface area contributed by atoms with Gasteiger partial charge in [-0.25, -0.2) is 0 Å². The van der Waals surface area contributed by atoms with E-state index in [2.05, 4.69) is 10.6 Å². The van der Waals surface area contributed by atoms with Gasteiger partial charge < -0.3 is 25.2 Å². The van der Waals surface area contributed by atoms with Gasteiger partial charge in [0.2, 0.25) is 0 Å². The molecule has 0 aliphatic carbocycles. The fourth-order valence-electron chi connectivity index (χ4n) is 4.80. The molecule has 3 aromatic rings. The average molecular weight is 563 g/mol. The van der Waals surface area contributed by atoms with Crippen LogP contribution in [0.2, 0.25) is 0 Å². The second kappa shape index (κ2) is 11.4. The molecule has 0 spiro atoms. The molecule has 1 unspecified atom stereocenters. The van der Waals surface area contributed by atoms with Crippen molar-refractivity contribution in [1.29, 1.82) is 0 Å². The van der Waals surface area contributed by atoms with Gasteiger partial charge in [0.05, 0.1) is 12.2 Å². The van der Waals surface area contributed by atoms with Gasteiger partial charge >= 0.3 is 6.18 Å². The zero-order valence-corrected chi connectivity index (χ0v) is 21.6. The van der Waals surface area contributed by atoms with E-state index < -0.39 is 24.5 Å². The lowest BCUT2D eigenvalue weighted by atomic mass is 9.82. The zero-order valence-electron chi connectivity index (χ0n) is 20.8. The predicted molar refractivity (Wildman–Crippen MR) is 143 cm³/mol. The Bertz CT molecular complexity index is 1360. The van der Waals surface area contributed by atoms with Crippen LogP contribution in [-0.4, -0.2) is 43.9 Å². The minimum absolute atomic E-state index is 0.104. The Morgan fingerprint density at radius 2 is 1.85 bits per heavy atom. The number of ether oxygens (including phenoxy) is 2. The molecule has 5 nitrogen and oxygen atoms in total. The number of anilines is 1. The smallest absolute Gasteiger partial charge is 0.416 e. The lowest BCUT2D eigenvalue weighted by molar-refractivity contribution is -0.137. The third kappa shape index (κ3) is 5.79. The van der Waals surface area contributed by atoms with Crippen LogP contribution >= 0.6 is 11.6 Å². The van der Waals surface area contributed by atoms with Crippen LogP contribution in [0.4, 0.5) is 23.2 Å². The van der Waals surface area contributed by atoms with E-state index in [-0.39, 0.29) is 23.3 Å². The van der Waals surface area contributed by atoms with Crippen LogP contribution in [0.3, 0.4) is 0 Å². The van der Waals surface area contributed by atoms with E-state index in [4.69, 9.17) is 21.1 Å². The van der Waals surface area contributed by atoms with Crippen molar-refractivity contribution in [3.8, 4) is 17.2 Å². The molecule has 2 aliphatic heterocycles. The minimum atomic E-state index is -4.50. The molecular formula is C29H27ClF4N2O3. The number of aromatic hydroxyl groups is 1. The van der Waals surface area contributed by atoms with Crippen LogP contribution < -0.4 is 20.1 Å². The number of benzene rings is 3. The zero-order chi connectivity index (χ0) is 27.6. The fourth-order valence-corrected chi connectivity index (χ4v) is 4.99. The van der Waals surface area contributed by atoms with Crippen molar-refractivity contribution in [2.24, 2.45) is 5.92 Å². The Morgan fingerprint density at radius 3 is 2.56 bits per heavy atom. The summed E-state index contributed by atoms with van der Waals surface area (Å²) in [4.78, 5) is 0. The van der Waals surface area contributed by atoms with Crippen molar-refractivity contribution in [2.75, 3.05) is 44.1 Å². The van der Waals surface area contributed by atoms with Crippen molar-refractivity contribution < 1.29 is 32.1 Å². The van der Waals surface area contributed by atoms with E-state index in [0.717, 1.165) is 34.4 Å². The van der Waals surface area contributed by atoms with E-state index in [9.17, 15) is 22.7 Å². The first-order valence-electron chi connectivity index (χ1n) is 12.5. The Kier molecular flexibility index (Phi) is 7.91. The highest BCUT2D eigenvalue weighted by Crippen LogP contribution is 2.51. The first-order valence-corrected chi connectivity index (χ1v) is 13.1. The molecule has 3 aromatic carbocycles. The van der Waals surface area contributed by atoms with E-state index in [1.807, 2.05) is 12.1 Å². The number of hydrogen-bond donors (Lipinski definition) is 3. The summed E-state index contributed by atoms with van der Waals surface area (Å²) in [5.74, 6) is 0.888. The number of rotatable bonds is 9. The molecule has 0 radical (unpaired) electrons. The Hall–Kier alpha value is -3.43. The molecule has 39 heavy (non-hydrogen) atoms. The van der Waals surface area contributed by atoms with Gasteiger partial charge in [0.15, 0.2) is 0 Å². The van der Waals surface area contributed by atoms with Crippen molar-refractivity contribution >= 4 is 28.4 Å². The molecule has 0 amide bonds. The van der Waals surface area contributed by atoms with Crippen LogP contribution in [-0.2, 0) is 6.18 Å². The first kappa shape index (κ1) is 27.1. The highest BCUT2D eigenvalue weighted by molar-refractivity contribution is 6.18. The van der Waals surface area contributed by atoms with Crippen LogP contribution in [0.15, 0.2) is 60.7 Å². The molecule has 0 bridgehead atoms. The van der Waals surface area contributed by atoms with Crippen molar-refractivity contribution in [3.63, 3.8) is 0 Å². The van der Waals surface area contributed by atoms with Crippen LogP contribution in [0, 0.1) is 5.92 Å². The largest absolute Gasteiger partial charge is 0.508 e. The maximum absolute atomic E-state index is 13.5. The van der Waals surface area contributed by atoms with Crippen molar-refractivity contribution in [1.82, 2.24) is 5.32 Å². The lowest BCUT2D eigenvalue weighted by Crippen LogP contribution is -2.28. The minimum Gasteiger partial charge on any atom is -0.508 e. The molecule has 0 saturated heterocycles. The highest BCUT2D eigenvalue weighted by Gasteiger charge is 2.37. The first-order chi connectivity index (χ1) is 18.8.